The van der Waals surface area contributed by atoms with Crippen LogP contribution in [0.25, 0.3) is 0 Å². The molecule has 1 aliphatic rings. The highest BCUT2D eigenvalue weighted by molar-refractivity contribution is 9.09. The molecule has 0 saturated heterocycles. The molecule has 1 saturated carbocycles. The molecule has 1 fully saturated rings. The lowest BCUT2D eigenvalue weighted by molar-refractivity contribution is 0.150. The van der Waals surface area contributed by atoms with Crippen molar-refractivity contribution in [2.24, 2.45) is 0 Å². The second-order valence-electron chi connectivity index (χ2n) is 3.07. The molecule has 0 amide bonds. The predicted octanol–water partition coefficient (Wildman–Crippen LogP) is 2.47. The van der Waals surface area contributed by atoms with Crippen LogP contribution in [0.4, 0.5) is 0 Å². The zero-order chi connectivity index (χ0) is 7.40. The van der Waals surface area contributed by atoms with Crippen LogP contribution < -0.4 is 0 Å². The van der Waals surface area contributed by atoms with Crippen LogP contribution in [-0.2, 0) is 0 Å². The smallest absolute Gasteiger partial charge is 0.0665 e. The second-order valence-corrected chi connectivity index (χ2v) is 4.25. The molecule has 0 unspecified atom stereocenters. The van der Waals surface area contributed by atoms with Gasteiger partial charge in [0.25, 0.3) is 0 Å². The van der Waals surface area contributed by atoms with E-state index >= 15 is 0 Å². The quantitative estimate of drug-likeness (QED) is 0.605. The van der Waals surface area contributed by atoms with Gasteiger partial charge in [0, 0.05) is 4.83 Å². The summed E-state index contributed by atoms with van der Waals surface area (Å²) < 4.78 is 0. The van der Waals surface area contributed by atoms with Gasteiger partial charge in [0.15, 0.2) is 0 Å². The van der Waals surface area contributed by atoms with Crippen molar-refractivity contribution in [2.45, 2.75) is 49.5 Å². The van der Waals surface area contributed by atoms with Gasteiger partial charge in [-0.25, -0.2) is 0 Å². The minimum atomic E-state index is -0.0969. The van der Waals surface area contributed by atoms with Gasteiger partial charge < -0.3 is 5.11 Å². The van der Waals surface area contributed by atoms with E-state index in [2.05, 4.69) is 15.9 Å². The number of rotatable bonds is 0. The SMILES string of the molecule is O[C@H]1CCCCCC[C@@H]1Br. The van der Waals surface area contributed by atoms with E-state index in [1.54, 1.807) is 0 Å². The first-order valence-electron chi connectivity index (χ1n) is 4.13. The monoisotopic (exact) mass is 206 g/mol. The van der Waals surface area contributed by atoms with E-state index in [-0.39, 0.29) is 6.10 Å². The maximum Gasteiger partial charge on any atom is 0.0665 e. The van der Waals surface area contributed by atoms with E-state index in [0.717, 1.165) is 12.8 Å². The van der Waals surface area contributed by atoms with Crippen LogP contribution in [0.2, 0.25) is 0 Å². The molecule has 1 N–H and O–H groups in total. The molecule has 0 aromatic rings. The molecule has 0 bridgehead atoms. The van der Waals surface area contributed by atoms with Crippen molar-refractivity contribution in [1.82, 2.24) is 0 Å². The van der Waals surface area contributed by atoms with E-state index < -0.39 is 0 Å². The van der Waals surface area contributed by atoms with Crippen LogP contribution in [0.3, 0.4) is 0 Å². The summed E-state index contributed by atoms with van der Waals surface area (Å²) in [5, 5.41) is 9.44. The highest BCUT2D eigenvalue weighted by atomic mass is 79.9. The molecule has 60 valence electrons. The molecular weight excluding hydrogens is 192 g/mol. The van der Waals surface area contributed by atoms with Crippen molar-refractivity contribution in [2.75, 3.05) is 0 Å². The fraction of sp³-hybridized carbons (Fsp3) is 1.00. The van der Waals surface area contributed by atoms with Gasteiger partial charge in [0.2, 0.25) is 0 Å². The van der Waals surface area contributed by atoms with Crippen molar-refractivity contribution < 1.29 is 5.11 Å². The largest absolute Gasteiger partial charge is 0.392 e. The van der Waals surface area contributed by atoms with E-state index in [4.69, 9.17) is 0 Å². The molecule has 0 aromatic heterocycles. The standard InChI is InChI=1S/C8H15BrO/c9-7-5-3-1-2-4-6-8(7)10/h7-8,10H,1-6H2/t7-,8-/m0/s1. The summed E-state index contributed by atoms with van der Waals surface area (Å²) in [7, 11) is 0. The van der Waals surface area contributed by atoms with Crippen LogP contribution >= 0.6 is 15.9 Å². The Balaban J connectivity index is 2.28. The summed E-state index contributed by atoms with van der Waals surface area (Å²) in [6, 6.07) is 0. The van der Waals surface area contributed by atoms with Gasteiger partial charge in [0.1, 0.15) is 0 Å². The summed E-state index contributed by atoms with van der Waals surface area (Å²) in [6.45, 7) is 0. The predicted molar refractivity (Wildman–Crippen MR) is 46.4 cm³/mol. The van der Waals surface area contributed by atoms with Crippen LogP contribution in [-0.4, -0.2) is 16.0 Å². The lowest BCUT2D eigenvalue weighted by Gasteiger charge is -2.19. The van der Waals surface area contributed by atoms with Gasteiger partial charge in [-0.15, -0.1) is 0 Å². The van der Waals surface area contributed by atoms with Crippen LogP contribution in [0.1, 0.15) is 38.5 Å². The molecular formula is C8H15BrO. The lowest BCUT2D eigenvalue weighted by Crippen LogP contribution is -2.21. The lowest BCUT2D eigenvalue weighted by atomic mass is 9.99. The van der Waals surface area contributed by atoms with E-state index in [1.807, 2.05) is 0 Å². The Kier molecular flexibility index (Phi) is 3.71. The number of aliphatic hydroxyl groups excluding tert-OH is 1. The van der Waals surface area contributed by atoms with Gasteiger partial charge in [-0.3, -0.25) is 0 Å². The van der Waals surface area contributed by atoms with Crippen LogP contribution in [0.5, 0.6) is 0 Å². The molecule has 0 radical (unpaired) electrons. The summed E-state index contributed by atoms with van der Waals surface area (Å²) >= 11 is 3.49. The molecule has 1 rings (SSSR count). The Labute approximate surface area is 70.9 Å². The molecule has 10 heavy (non-hydrogen) atoms. The number of hydrogen-bond donors (Lipinski definition) is 1. The summed E-state index contributed by atoms with van der Waals surface area (Å²) in [6.07, 6.45) is 7.14. The Hall–Kier alpha value is 0.440. The van der Waals surface area contributed by atoms with Gasteiger partial charge in [-0.05, 0) is 12.8 Å². The van der Waals surface area contributed by atoms with Crippen LogP contribution in [0.15, 0.2) is 0 Å². The average Bonchev–Trinajstić information content (AvgIpc) is 1.92. The van der Waals surface area contributed by atoms with E-state index in [9.17, 15) is 5.11 Å². The molecule has 2 atom stereocenters. The Morgan fingerprint density at radius 1 is 1.00 bits per heavy atom. The number of alkyl halides is 1. The summed E-state index contributed by atoms with van der Waals surface area (Å²) in [5.41, 5.74) is 0. The Bertz CT molecular complexity index is 83.3. The maximum atomic E-state index is 9.44. The molecule has 0 aliphatic heterocycles. The summed E-state index contributed by atoms with van der Waals surface area (Å²) in [5.74, 6) is 0. The number of halogens is 1. The molecule has 1 aliphatic carbocycles. The fourth-order valence-corrected chi connectivity index (χ4v) is 2.01. The van der Waals surface area contributed by atoms with Crippen molar-refractivity contribution in [3.8, 4) is 0 Å². The zero-order valence-electron chi connectivity index (χ0n) is 6.22. The second kappa shape index (κ2) is 4.35. The highest BCUT2D eigenvalue weighted by Crippen LogP contribution is 2.22. The van der Waals surface area contributed by atoms with Gasteiger partial charge >= 0.3 is 0 Å². The first-order valence-corrected chi connectivity index (χ1v) is 5.04. The van der Waals surface area contributed by atoms with E-state index in [1.165, 1.54) is 25.7 Å². The maximum absolute atomic E-state index is 9.44. The van der Waals surface area contributed by atoms with E-state index in [0.29, 0.717) is 4.83 Å². The van der Waals surface area contributed by atoms with Crippen molar-refractivity contribution in [3.63, 3.8) is 0 Å². The van der Waals surface area contributed by atoms with Gasteiger partial charge in [0.05, 0.1) is 6.10 Å². The first kappa shape index (κ1) is 8.54. The fourth-order valence-electron chi connectivity index (χ4n) is 1.42. The minimum absolute atomic E-state index is 0.0969. The van der Waals surface area contributed by atoms with Crippen LogP contribution in [0, 0.1) is 0 Å². The van der Waals surface area contributed by atoms with Gasteiger partial charge in [-0.2, -0.15) is 0 Å². The number of hydrogen-bond acceptors (Lipinski definition) is 1. The molecule has 2 heteroatoms. The molecule has 0 aromatic carbocycles. The minimum Gasteiger partial charge on any atom is -0.392 e. The molecule has 0 heterocycles. The molecule has 1 nitrogen and oxygen atoms in total. The summed E-state index contributed by atoms with van der Waals surface area (Å²) in [4.78, 5) is 0.354. The Morgan fingerprint density at radius 3 is 2.30 bits per heavy atom. The zero-order valence-corrected chi connectivity index (χ0v) is 7.81. The Morgan fingerprint density at radius 2 is 1.60 bits per heavy atom. The van der Waals surface area contributed by atoms with Crippen molar-refractivity contribution in [3.05, 3.63) is 0 Å². The average molecular weight is 207 g/mol. The number of aliphatic hydroxyl groups is 1. The van der Waals surface area contributed by atoms with Gasteiger partial charge in [-0.1, -0.05) is 41.6 Å². The topological polar surface area (TPSA) is 20.2 Å². The molecule has 0 spiro atoms. The third-order valence-electron chi connectivity index (χ3n) is 2.15. The highest BCUT2D eigenvalue weighted by Gasteiger charge is 2.16. The third kappa shape index (κ3) is 2.59. The van der Waals surface area contributed by atoms with Crippen molar-refractivity contribution in [1.29, 1.82) is 0 Å². The first-order chi connectivity index (χ1) is 4.80. The van der Waals surface area contributed by atoms with Crippen molar-refractivity contribution >= 4 is 15.9 Å². The third-order valence-corrected chi connectivity index (χ3v) is 3.22. The normalized spacial score (nSPS) is 36.6.